The summed E-state index contributed by atoms with van der Waals surface area (Å²) in [7, 11) is 0. The zero-order valence-corrected chi connectivity index (χ0v) is 46.6. The van der Waals surface area contributed by atoms with E-state index in [-0.39, 0.29) is 18.3 Å². The van der Waals surface area contributed by atoms with Crippen LogP contribution in [0, 0.1) is 26.7 Å². The number of imidazole rings is 3. The molecule has 398 valence electrons. The Hall–Kier alpha value is -5.59. The zero-order chi connectivity index (χ0) is 52.7. The molecule has 3 aromatic heterocycles. The molecule has 3 fully saturated rings. The highest BCUT2D eigenvalue weighted by Crippen LogP contribution is 2.37. The Labute approximate surface area is 466 Å². The highest BCUT2D eigenvalue weighted by atomic mass is 35.5. The molecule has 9 aromatic rings. The van der Waals surface area contributed by atoms with Crippen LogP contribution in [-0.4, -0.2) is 71.6 Å². The van der Waals surface area contributed by atoms with Gasteiger partial charge in [0, 0.05) is 60.6 Å². The van der Waals surface area contributed by atoms with Crippen LogP contribution in [0.15, 0.2) is 115 Å². The third kappa shape index (κ3) is 11.8. The summed E-state index contributed by atoms with van der Waals surface area (Å²) in [4.78, 5) is 17.9. The number of benzene rings is 6. The van der Waals surface area contributed by atoms with Gasteiger partial charge in [0.25, 0.3) is 0 Å². The predicted molar refractivity (Wildman–Crippen MR) is 310 cm³/mol. The van der Waals surface area contributed by atoms with Crippen LogP contribution in [0.1, 0.15) is 113 Å². The molecule has 5 atom stereocenters. The van der Waals surface area contributed by atoms with Crippen molar-refractivity contribution in [3.05, 3.63) is 192 Å². The lowest BCUT2D eigenvalue weighted by Crippen LogP contribution is -2.23. The third-order valence-electron chi connectivity index (χ3n) is 16.8. The largest absolute Gasteiger partial charge is 0.375 e. The molecular weight excluding hydrogens is 1020 g/mol. The highest BCUT2D eigenvalue weighted by molar-refractivity contribution is 6.31. The van der Waals surface area contributed by atoms with Crippen molar-refractivity contribution in [3.8, 4) is 0 Å². The van der Waals surface area contributed by atoms with Crippen LogP contribution in [0.2, 0.25) is 15.1 Å². The molecule has 0 N–H and O–H groups in total. The number of aromatic nitrogens is 6. The maximum atomic E-state index is 14.3. The second-order valence-corrected chi connectivity index (χ2v) is 23.6. The number of ether oxygens (including phenoxy) is 2. The predicted octanol–water partition coefficient (Wildman–Crippen LogP) is 15.1. The van der Waals surface area contributed by atoms with Crippen molar-refractivity contribution >= 4 is 67.9 Å². The van der Waals surface area contributed by atoms with Crippen molar-refractivity contribution in [3.63, 3.8) is 0 Å². The van der Waals surface area contributed by atoms with Gasteiger partial charge in [0.05, 0.1) is 64.6 Å². The van der Waals surface area contributed by atoms with Gasteiger partial charge in [-0.2, -0.15) is 0 Å². The van der Waals surface area contributed by atoms with E-state index in [1.54, 1.807) is 0 Å². The maximum absolute atomic E-state index is 14.3. The lowest BCUT2D eigenvalue weighted by Gasteiger charge is -2.16. The standard InChI is InChI=1S/C64H67Cl3FN7O2/c1-40-28-55-59(29-41(40)2)74(35-44-6-15-50(66)16-7-44)63(69-55)25-22-54-21-20-53(77-54)19-11-47-32-57-60(30-42(47)3)75(36-45-8-17-51(67)18-9-45)62(70-57)24-10-46-31-61(76-39-46)48-12-23-58-56(33-48)71-64(38-72-27-26-52(68)37-72)73(58)34-43-4-13-49(65)14-5-43/h4-9,12-18,23,28-30,32-33,46,52-54,61H,10-11,19-22,24-27,31,34-39H2,1-3H3. The number of alkyl halides is 1. The fourth-order valence-corrected chi connectivity index (χ4v) is 12.6. The monoisotopic (exact) mass is 1090 g/mol. The van der Waals surface area contributed by atoms with Crippen molar-refractivity contribution in [2.45, 2.75) is 136 Å². The molecule has 0 aliphatic carbocycles. The molecule has 0 radical (unpaired) electrons. The van der Waals surface area contributed by atoms with Gasteiger partial charge < -0.3 is 23.2 Å². The van der Waals surface area contributed by atoms with E-state index in [9.17, 15) is 4.39 Å². The number of fused-ring (bicyclic) bond motifs is 3. The molecule has 0 saturated carbocycles. The number of halogens is 4. The molecule has 77 heavy (non-hydrogen) atoms. The normalized spacial score (nSPS) is 20.0. The summed E-state index contributed by atoms with van der Waals surface area (Å²) >= 11 is 18.9. The summed E-state index contributed by atoms with van der Waals surface area (Å²) in [5.74, 6) is 3.54. The number of rotatable bonds is 18. The van der Waals surface area contributed by atoms with Crippen molar-refractivity contribution < 1.29 is 13.9 Å². The molecule has 0 amide bonds. The average Bonchev–Trinajstić information content (AvgIpc) is 4.34. The Balaban J connectivity index is 0.709. The molecule has 0 spiro atoms. The van der Waals surface area contributed by atoms with Gasteiger partial charge in [-0.25, -0.2) is 19.3 Å². The van der Waals surface area contributed by atoms with Crippen LogP contribution in [0.5, 0.6) is 0 Å². The molecule has 12 rings (SSSR count). The summed E-state index contributed by atoms with van der Waals surface area (Å²) in [6, 6.07) is 40.1. The van der Waals surface area contributed by atoms with Crippen molar-refractivity contribution in [2.24, 2.45) is 5.92 Å². The smallest absolute Gasteiger partial charge is 0.124 e. The van der Waals surface area contributed by atoms with E-state index in [0.717, 1.165) is 138 Å². The highest BCUT2D eigenvalue weighted by Gasteiger charge is 2.30. The average molecular weight is 1090 g/mol. The van der Waals surface area contributed by atoms with Gasteiger partial charge in [0.15, 0.2) is 0 Å². The first kappa shape index (κ1) is 52.1. The van der Waals surface area contributed by atoms with Gasteiger partial charge in [-0.3, -0.25) is 4.90 Å². The third-order valence-corrected chi connectivity index (χ3v) is 17.5. The minimum Gasteiger partial charge on any atom is -0.375 e. The lowest BCUT2D eigenvalue weighted by atomic mass is 9.96. The number of hydrogen-bond donors (Lipinski definition) is 0. The first-order chi connectivity index (χ1) is 37.4. The van der Waals surface area contributed by atoms with Gasteiger partial charge in [-0.1, -0.05) is 77.3 Å². The molecular formula is C64H67Cl3FN7O2. The van der Waals surface area contributed by atoms with E-state index in [1.807, 2.05) is 36.4 Å². The summed E-state index contributed by atoms with van der Waals surface area (Å²) in [6.45, 7) is 11.2. The van der Waals surface area contributed by atoms with E-state index < -0.39 is 6.17 Å². The Kier molecular flexibility index (Phi) is 15.3. The first-order valence-corrected chi connectivity index (χ1v) is 28.9. The number of aryl methyl sites for hydroxylation is 6. The lowest BCUT2D eigenvalue weighted by molar-refractivity contribution is 0.0362. The maximum Gasteiger partial charge on any atom is 0.124 e. The van der Waals surface area contributed by atoms with Crippen molar-refractivity contribution in [2.75, 3.05) is 19.7 Å². The Morgan fingerprint density at radius 3 is 1.65 bits per heavy atom. The molecule has 6 aromatic carbocycles. The van der Waals surface area contributed by atoms with E-state index in [2.05, 4.69) is 118 Å². The van der Waals surface area contributed by atoms with Gasteiger partial charge in [-0.15, -0.1) is 0 Å². The van der Waals surface area contributed by atoms with Crippen LogP contribution >= 0.6 is 34.8 Å². The molecule has 6 heterocycles. The quantitative estimate of drug-likeness (QED) is 0.0852. The van der Waals surface area contributed by atoms with Crippen molar-refractivity contribution in [1.29, 1.82) is 0 Å². The van der Waals surface area contributed by atoms with E-state index in [0.29, 0.717) is 43.6 Å². The number of hydrogen-bond acceptors (Lipinski definition) is 6. The van der Waals surface area contributed by atoms with E-state index in [4.69, 9.17) is 59.2 Å². The molecule has 3 saturated heterocycles. The Morgan fingerprint density at radius 2 is 1.05 bits per heavy atom. The molecule has 3 aliphatic heterocycles. The fraction of sp³-hybridized carbons (Fsp3) is 0.391. The Bertz CT molecular complexity index is 3550. The fourth-order valence-electron chi connectivity index (χ4n) is 12.2. The summed E-state index contributed by atoms with van der Waals surface area (Å²) in [6.07, 6.45) is 8.86. The minimum atomic E-state index is -0.783. The summed E-state index contributed by atoms with van der Waals surface area (Å²) in [5.41, 5.74) is 16.3. The van der Waals surface area contributed by atoms with Gasteiger partial charge >= 0.3 is 0 Å². The van der Waals surface area contributed by atoms with Crippen LogP contribution < -0.4 is 0 Å². The number of likely N-dealkylation sites (tertiary alicyclic amines) is 1. The van der Waals surface area contributed by atoms with Gasteiger partial charge in [0.2, 0.25) is 0 Å². The van der Waals surface area contributed by atoms with E-state index >= 15 is 0 Å². The van der Waals surface area contributed by atoms with Gasteiger partial charge in [0.1, 0.15) is 23.6 Å². The zero-order valence-electron chi connectivity index (χ0n) is 44.3. The minimum absolute atomic E-state index is 0.0122. The van der Waals surface area contributed by atoms with Gasteiger partial charge in [-0.05, 0) is 195 Å². The van der Waals surface area contributed by atoms with Crippen LogP contribution in [0.25, 0.3) is 33.1 Å². The van der Waals surface area contributed by atoms with Crippen LogP contribution in [0.3, 0.4) is 0 Å². The number of nitrogens with zero attached hydrogens (tertiary/aromatic N) is 7. The topological polar surface area (TPSA) is 75.2 Å². The second kappa shape index (κ2) is 22.6. The first-order valence-electron chi connectivity index (χ1n) is 27.7. The molecule has 9 nitrogen and oxygen atoms in total. The van der Waals surface area contributed by atoms with Crippen LogP contribution in [-0.2, 0) is 54.9 Å². The SMILES string of the molecule is Cc1cc2nc(CCC3CCC(CCc4cc5nc(CCC6COC(c7ccc8c(c7)nc(CN7CCC(F)C7)n8Cc7ccc(Cl)cc7)C6)n(Cc6ccc(Cl)cc6)c5cc4C)O3)n(Cc3ccc(Cl)cc3)c2cc1C. The Morgan fingerprint density at radius 1 is 0.532 bits per heavy atom. The molecule has 0 bridgehead atoms. The van der Waals surface area contributed by atoms with Crippen molar-refractivity contribution in [1.82, 2.24) is 33.6 Å². The van der Waals surface area contributed by atoms with Crippen LogP contribution in [0.4, 0.5) is 4.39 Å². The molecule has 13 heteroatoms. The summed E-state index contributed by atoms with van der Waals surface area (Å²) < 4.78 is 34.7. The molecule has 5 unspecified atom stereocenters. The summed E-state index contributed by atoms with van der Waals surface area (Å²) in [5, 5.41) is 2.20. The van der Waals surface area contributed by atoms with E-state index in [1.165, 1.54) is 44.4 Å². The second-order valence-electron chi connectivity index (χ2n) is 22.3. The molecule has 3 aliphatic rings.